The molecule has 1 heterocycles. The number of aliphatic carboxylic acids is 1. The third kappa shape index (κ3) is 6.28. The van der Waals surface area contributed by atoms with E-state index >= 15 is 0 Å². The molecular weight excluding hydrogens is 468 g/mol. The second kappa shape index (κ2) is 11.5. The van der Waals surface area contributed by atoms with Crippen molar-refractivity contribution in [3.8, 4) is 11.5 Å². The Hall–Kier alpha value is -3.20. The highest BCUT2D eigenvalue weighted by Gasteiger charge is 2.30. The average molecular weight is 499 g/mol. The summed E-state index contributed by atoms with van der Waals surface area (Å²) in [4.78, 5) is 37.1. The molecule has 1 atom stereocenters. The molecule has 1 aliphatic heterocycles. The number of methoxy groups -OCH3 is 1. The predicted octanol–water partition coefficient (Wildman–Crippen LogP) is 3.28. The van der Waals surface area contributed by atoms with Gasteiger partial charge in [0.2, 0.25) is 5.91 Å². The molecule has 1 fully saturated rings. The number of rotatable bonds is 9. The van der Waals surface area contributed by atoms with Crippen molar-refractivity contribution < 1.29 is 29.0 Å². The second-order valence-electron chi connectivity index (χ2n) is 8.75. The molecule has 1 aliphatic carbocycles. The zero-order chi connectivity index (χ0) is 24.8. The molecule has 35 heavy (non-hydrogen) atoms. The molecule has 0 saturated heterocycles. The van der Waals surface area contributed by atoms with Gasteiger partial charge in [0.15, 0.2) is 0 Å². The van der Waals surface area contributed by atoms with E-state index in [4.69, 9.17) is 14.6 Å². The number of hydrogen-bond donors (Lipinski definition) is 3. The first-order chi connectivity index (χ1) is 16.9. The zero-order valence-electron chi connectivity index (χ0n) is 19.6. The standard InChI is InChI=1S/C26H30N2O6S/c1-33-21-3-2-4-22-20(21)15-23(35-22)25(30)28-14-13-27-24(29)16-5-9-18(10-6-16)34-19-11-7-17(8-12-19)26(31)32/h2-6,9-10,17,19,23H,7-8,11-15H2,1H3,(H,27,29)(H,28,30)(H,31,32)/t17-,19+,23?. The van der Waals surface area contributed by atoms with Crippen molar-refractivity contribution in [2.75, 3.05) is 20.2 Å². The highest BCUT2D eigenvalue weighted by molar-refractivity contribution is 8.01. The molecule has 0 radical (unpaired) electrons. The third-order valence-electron chi connectivity index (χ3n) is 6.41. The number of amides is 2. The molecule has 0 bridgehead atoms. The molecule has 1 saturated carbocycles. The predicted molar refractivity (Wildman–Crippen MR) is 132 cm³/mol. The fourth-order valence-electron chi connectivity index (χ4n) is 4.46. The number of carbonyl (C=O) groups is 3. The number of carboxylic acid groups (broad SMARTS) is 1. The number of benzene rings is 2. The molecule has 1 unspecified atom stereocenters. The van der Waals surface area contributed by atoms with Crippen molar-refractivity contribution >= 4 is 29.5 Å². The Kier molecular flexibility index (Phi) is 8.17. The maximum atomic E-state index is 12.6. The lowest BCUT2D eigenvalue weighted by molar-refractivity contribution is -0.143. The van der Waals surface area contributed by atoms with Crippen LogP contribution in [-0.2, 0) is 16.0 Å². The first-order valence-electron chi connectivity index (χ1n) is 11.8. The summed E-state index contributed by atoms with van der Waals surface area (Å²) in [6.07, 6.45) is 3.29. The summed E-state index contributed by atoms with van der Waals surface area (Å²) in [7, 11) is 1.63. The van der Waals surface area contributed by atoms with Gasteiger partial charge in [0.25, 0.3) is 5.91 Å². The van der Waals surface area contributed by atoms with Crippen molar-refractivity contribution in [2.45, 2.75) is 48.4 Å². The minimum Gasteiger partial charge on any atom is -0.496 e. The molecule has 186 valence electrons. The largest absolute Gasteiger partial charge is 0.496 e. The Balaban J connectivity index is 1.16. The lowest BCUT2D eigenvalue weighted by Gasteiger charge is -2.26. The van der Waals surface area contributed by atoms with E-state index in [2.05, 4.69) is 10.6 Å². The SMILES string of the molecule is COc1cccc2c1CC(C(=O)NCCNC(=O)c1ccc(O[C@H]3CC[C@@H](C(=O)O)CC3)cc1)S2. The van der Waals surface area contributed by atoms with Crippen molar-refractivity contribution in [1.82, 2.24) is 10.6 Å². The number of thioether (sulfide) groups is 1. The first kappa shape index (κ1) is 24.9. The van der Waals surface area contributed by atoms with Crippen LogP contribution in [0.1, 0.15) is 41.6 Å². The summed E-state index contributed by atoms with van der Waals surface area (Å²) in [5.74, 6) is 0.185. The van der Waals surface area contributed by atoms with E-state index in [1.54, 1.807) is 31.4 Å². The van der Waals surface area contributed by atoms with Crippen molar-refractivity contribution in [3.05, 3.63) is 53.6 Å². The third-order valence-corrected chi connectivity index (χ3v) is 7.72. The minimum absolute atomic E-state index is 0.000739. The Morgan fingerprint density at radius 1 is 1.00 bits per heavy atom. The number of carboxylic acids is 1. The van der Waals surface area contributed by atoms with Crippen molar-refractivity contribution in [2.24, 2.45) is 5.92 Å². The van der Waals surface area contributed by atoms with E-state index in [0.29, 0.717) is 56.5 Å². The van der Waals surface area contributed by atoms with Crippen LogP contribution in [0, 0.1) is 5.92 Å². The average Bonchev–Trinajstić information content (AvgIpc) is 3.32. The molecule has 2 aromatic carbocycles. The Labute approximate surface area is 208 Å². The highest BCUT2D eigenvalue weighted by atomic mass is 32.2. The van der Waals surface area contributed by atoms with E-state index in [1.807, 2.05) is 18.2 Å². The Bertz CT molecular complexity index is 1070. The van der Waals surface area contributed by atoms with Gasteiger partial charge in [0.05, 0.1) is 24.4 Å². The van der Waals surface area contributed by atoms with Crippen LogP contribution in [0.2, 0.25) is 0 Å². The van der Waals surface area contributed by atoms with Gasteiger partial charge in [0, 0.05) is 29.1 Å². The van der Waals surface area contributed by atoms with Crippen LogP contribution in [0.4, 0.5) is 0 Å². The van der Waals surface area contributed by atoms with Gasteiger partial charge in [-0.05, 0) is 68.5 Å². The van der Waals surface area contributed by atoms with Crippen LogP contribution >= 0.6 is 11.8 Å². The first-order valence-corrected chi connectivity index (χ1v) is 12.7. The van der Waals surface area contributed by atoms with E-state index in [9.17, 15) is 14.4 Å². The molecule has 2 aromatic rings. The number of carbonyl (C=O) groups excluding carboxylic acids is 2. The number of nitrogens with one attached hydrogen (secondary N) is 2. The summed E-state index contributed by atoms with van der Waals surface area (Å²) in [6.45, 7) is 0.665. The van der Waals surface area contributed by atoms with Crippen LogP contribution in [0.5, 0.6) is 11.5 Å². The molecular formula is C26H30N2O6S. The number of hydrogen-bond acceptors (Lipinski definition) is 6. The Morgan fingerprint density at radius 2 is 1.71 bits per heavy atom. The quantitative estimate of drug-likeness (QED) is 0.455. The fourth-order valence-corrected chi connectivity index (χ4v) is 5.69. The van der Waals surface area contributed by atoms with E-state index in [-0.39, 0.29) is 29.1 Å². The van der Waals surface area contributed by atoms with Gasteiger partial charge in [-0.1, -0.05) is 6.07 Å². The Morgan fingerprint density at radius 3 is 2.40 bits per heavy atom. The summed E-state index contributed by atoms with van der Waals surface area (Å²) in [5.41, 5.74) is 1.57. The molecule has 3 N–H and O–H groups in total. The molecule has 8 nitrogen and oxygen atoms in total. The van der Waals surface area contributed by atoms with Crippen LogP contribution in [-0.4, -0.2) is 54.4 Å². The second-order valence-corrected chi connectivity index (χ2v) is 9.99. The lowest BCUT2D eigenvalue weighted by Crippen LogP contribution is -2.38. The van der Waals surface area contributed by atoms with Crippen molar-refractivity contribution in [3.63, 3.8) is 0 Å². The van der Waals surface area contributed by atoms with Crippen LogP contribution in [0.15, 0.2) is 47.4 Å². The van der Waals surface area contributed by atoms with Crippen LogP contribution in [0.3, 0.4) is 0 Å². The zero-order valence-corrected chi connectivity index (χ0v) is 20.4. The van der Waals surface area contributed by atoms with Gasteiger partial charge in [-0.2, -0.15) is 0 Å². The van der Waals surface area contributed by atoms with Gasteiger partial charge in [0.1, 0.15) is 11.5 Å². The summed E-state index contributed by atoms with van der Waals surface area (Å²) >= 11 is 1.53. The van der Waals surface area contributed by atoms with Crippen LogP contribution < -0.4 is 20.1 Å². The summed E-state index contributed by atoms with van der Waals surface area (Å²) in [5, 5.41) is 14.6. The molecule has 4 rings (SSSR count). The lowest BCUT2D eigenvalue weighted by atomic mass is 9.87. The summed E-state index contributed by atoms with van der Waals surface area (Å²) in [6, 6.07) is 12.7. The molecule has 9 heteroatoms. The normalized spacial score (nSPS) is 21.0. The number of ether oxygens (including phenoxy) is 2. The molecule has 0 aromatic heterocycles. The molecule has 2 aliphatic rings. The maximum Gasteiger partial charge on any atom is 0.306 e. The van der Waals surface area contributed by atoms with Gasteiger partial charge < -0.3 is 25.2 Å². The number of fused-ring (bicyclic) bond motifs is 1. The van der Waals surface area contributed by atoms with Crippen molar-refractivity contribution in [1.29, 1.82) is 0 Å². The smallest absolute Gasteiger partial charge is 0.306 e. The van der Waals surface area contributed by atoms with Gasteiger partial charge in [-0.3, -0.25) is 14.4 Å². The van der Waals surface area contributed by atoms with Gasteiger partial charge in [-0.15, -0.1) is 11.8 Å². The molecule has 0 spiro atoms. The topological polar surface area (TPSA) is 114 Å². The molecule has 2 amide bonds. The van der Waals surface area contributed by atoms with E-state index in [1.165, 1.54) is 11.8 Å². The maximum absolute atomic E-state index is 12.6. The minimum atomic E-state index is -0.734. The van der Waals surface area contributed by atoms with E-state index in [0.717, 1.165) is 16.2 Å². The fraction of sp³-hybridized carbons (Fsp3) is 0.423. The highest BCUT2D eigenvalue weighted by Crippen LogP contribution is 2.41. The summed E-state index contributed by atoms with van der Waals surface area (Å²) < 4.78 is 11.3. The van der Waals surface area contributed by atoms with E-state index < -0.39 is 5.97 Å². The van der Waals surface area contributed by atoms with Crippen LogP contribution in [0.25, 0.3) is 0 Å². The monoisotopic (exact) mass is 498 g/mol. The van der Waals surface area contributed by atoms with Gasteiger partial charge >= 0.3 is 5.97 Å². The van der Waals surface area contributed by atoms with Gasteiger partial charge in [-0.25, -0.2) is 0 Å².